The quantitative estimate of drug-likeness (QED) is 0.723. The van der Waals surface area contributed by atoms with Crippen LogP contribution in [0, 0.1) is 0 Å². The molecule has 5 heteroatoms. The van der Waals surface area contributed by atoms with Crippen molar-refractivity contribution in [2.24, 2.45) is 0 Å². The number of hydrogen-bond acceptors (Lipinski definition) is 4. The predicted octanol–water partition coefficient (Wildman–Crippen LogP) is 1.47. The van der Waals surface area contributed by atoms with Crippen LogP contribution in [0.1, 0.15) is 36.0 Å². The molecule has 0 spiro atoms. The second-order valence-corrected chi connectivity index (χ2v) is 4.86. The highest BCUT2D eigenvalue weighted by Crippen LogP contribution is 2.27. The average Bonchev–Trinajstić information content (AvgIpc) is 2.42. The highest BCUT2D eigenvalue weighted by molar-refractivity contribution is 5.97. The Morgan fingerprint density at radius 2 is 2.11 bits per heavy atom. The molecule has 1 unspecified atom stereocenters. The van der Waals surface area contributed by atoms with Crippen LogP contribution in [-0.4, -0.2) is 45.3 Å². The Morgan fingerprint density at radius 3 is 2.84 bits per heavy atom. The zero-order valence-electron chi connectivity index (χ0n) is 10.7. The molecule has 1 aliphatic heterocycles. The van der Waals surface area contributed by atoms with E-state index in [0.29, 0.717) is 13.0 Å². The van der Waals surface area contributed by atoms with Crippen LogP contribution in [-0.2, 0) is 0 Å². The standard InChI is InChI=1S/C14H19NO4/c16-8-6-10-3-1-2-7-15(10)14(19)12-9-11(17)4-5-13(12)18/h4-5,9-10,16-18H,1-3,6-8H2. The van der Waals surface area contributed by atoms with Crippen LogP contribution < -0.4 is 0 Å². The number of aliphatic hydroxyl groups is 1. The maximum absolute atomic E-state index is 12.4. The number of phenolic OH excluding ortho intramolecular Hbond substituents is 2. The average molecular weight is 265 g/mol. The lowest BCUT2D eigenvalue weighted by Gasteiger charge is -2.35. The minimum Gasteiger partial charge on any atom is -0.508 e. The topological polar surface area (TPSA) is 81.0 Å². The summed E-state index contributed by atoms with van der Waals surface area (Å²) in [7, 11) is 0. The molecule has 0 aliphatic carbocycles. The van der Waals surface area contributed by atoms with Gasteiger partial charge in [-0.2, -0.15) is 0 Å². The Hall–Kier alpha value is -1.75. The van der Waals surface area contributed by atoms with Gasteiger partial charge in [0.15, 0.2) is 0 Å². The highest BCUT2D eigenvalue weighted by atomic mass is 16.3. The highest BCUT2D eigenvalue weighted by Gasteiger charge is 2.28. The van der Waals surface area contributed by atoms with E-state index < -0.39 is 0 Å². The zero-order valence-corrected chi connectivity index (χ0v) is 10.7. The summed E-state index contributed by atoms with van der Waals surface area (Å²) in [6.45, 7) is 0.666. The van der Waals surface area contributed by atoms with Crippen molar-refractivity contribution in [1.29, 1.82) is 0 Å². The fourth-order valence-corrected chi connectivity index (χ4v) is 2.57. The fraction of sp³-hybridized carbons (Fsp3) is 0.500. The van der Waals surface area contributed by atoms with E-state index in [1.807, 2.05) is 0 Å². The number of benzene rings is 1. The molecule has 104 valence electrons. The fourth-order valence-electron chi connectivity index (χ4n) is 2.57. The Kier molecular flexibility index (Phi) is 4.27. The first kappa shape index (κ1) is 13.7. The van der Waals surface area contributed by atoms with Crippen LogP contribution in [0.15, 0.2) is 18.2 Å². The van der Waals surface area contributed by atoms with Crippen LogP contribution in [0.4, 0.5) is 0 Å². The summed E-state index contributed by atoms with van der Waals surface area (Å²) in [6.07, 6.45) is 3.38. The van der Waals surface area contributed by atoms with Gasteiger partial charge in [-0.25, -0.2) is 0 Å². The van der Waals surface area contributed by atoms with E-state index in [9.17, 15) is 15.0 Å². The van der Waals surface area contributed by atoms with Crippen LogP contribution in [0.2, 0.25) is 0 Å². The van der Waals surface area contributed by atoms with E-state index in [2.05, 4.69) is 0 Å². The van der Waals surface area contributed by atoms with Crippen LogP contribution in [0.25, 0.3) is 0 Å². The lowest BCUT2D eigenvalue weighted by atomic mass is 9.98. The number of amides is 1. The van der Waals surface area contributed by atoms with Crippen molar-refractivity contribution in [2.45, 2.75) is 31.7 Å². The van der Waals surface area contributed by atoms with Gasteiger partial charge in [0.05, 0.1) is 5.56 Å². The number of hydrogen-bond donors (Lipinski definition) is 3. The van der Waals surface area contributed by atoms with E-state index in [1.165, 1.54) is 18.2 Å². The molecule has 5 nitrogen and oxygen atoms in total. The van der Waals surface area contributed by atoms with Gasteiger partial charge in [-0.05, 0) is 43.9 Å². The Bertz CT molecular complexity index is 459. The summed E-state index contributed by atoms with van der Waals surface area (Å²) in [5.41, 5.74) is 0.116. The van der Waals surface area contributed by atoms with E-state index in [0.717, 1.165) is 19.3 Å². The summed E-state index contributed by atoms with van der Waals surface area (Å²) in [4.78, 5) is 14.1. The number of piperidine rings is 1. The van der Waals surface area contributed by atoms with Gasteiger partial charge in [0, 0.05) is 19.2 Å². The van der Waals surface area contributed by atoms with Crippen molar-refractivity contribution >= 4 is 5.91 Å². The molecule has 2 rings (SSSR count). The summed E-state index contributed by atoms with van der Waals surface area (Å²) < 4.78 is 0. The van der Waals surface area contributed by atoms with Gasteiger partial charge in [0.25, 0.3) is 5.91 Å². The molecule has 1 aliphatic rings. The molecule has 0 saturated carbocycles. The van der Waals surface area contributed by atoms with Gasteiger partial charge in [-0.3, -0.25) is 4.79 Å². The van der Waals surface area contributed by atoms with Crippen molar-refractivity contribution < 1.29 is 20.1 Å². The molecule has 1 aromatic carbocycles. The molecule has 1 aromatic rings. The SMILES string of the molecule is O=C(c1cc(O)ccc1O)N1CCCCC1CCO. The number of phenols is 2. The normalized spacial score (nSPS) is 19.4. The minimum absolute atomic E-state index is 0.00741. The molecule has 1 fully saturated rings. The largest absolute Gasteiger partial charge is 0.508 e. The second-order valence-electron chi connectivity index (χ2n) is 4.86. The number of rotatable bonds is 3. The molecule has 1 atom stereocenters. The van der Waals surface area contributed by atoms with E-state index in [-0.39, 0.29) is 35.6 Å². The second kappa shape index (κ2) is 5.93. The summed E-state index contributed by atoms with van der Waals surface area (Å²) >= 11 is 0. The van der Waals surface area contributed by atoms with Crippen LogP contribution in [0.3, 0.4) is 0 Å². The first-order chi connectivity index (χ1) is 9.13. The first-order valence-corrected chi connectivity index (χ1v) is 6.57. The number of aliphatic hydroxyl groups excluding tert-OH is 1. The van der Waals surface area contributed by atoms with Crippen molar-refractivity contribution in [3.8, 4) is 11.5 Å². The molecule has 1 heterocycles. The number of likely N-dealkylation sites (tertiary alicyclic amines) is 1. The number of carbonyl (C=O) groups excluding carboxylic acids is 1. The lowest BCUT2D eigenvalue weighted by Crippen LogP contribution is -2.44. The monoisotopic (exact) mass is 265 g/mol. The van der Waals surface area contributed by atoms with Crippen molar-refractivity contribution in [2.75, 3.05) is 13.2 Å². The molecule has 1 amide bonds. The summed E-state index contributed by atoms with van der Waals surface area (Å²) in [5, 5.41) is 28.2. The maximum Gasteiger partial charge on any atom is 0.257 e. The molecular formula is C14H19NO4. The van der Waals surface area contributed by atoms with Crippen molar-refractivity contribution in [1.82, 2.24) is 4.90 Å². The third-order valence-electron chi connectivity index (χ3n) is 3.56. The zero-order chi connectivity index (χ0) is 13.8. The summed E-state index contributed by atoms with van der Waals surface area (Å²) in [6, 6.07) is 3.94. The Labute approximate surface area is 112 Å². The molecule has 1 saturated heterocycles. The van der Waals surface area contributed by atoms with Gasteiger partial charge < -0.3 is 20.2 Å². The smallest absolute Gasteiger partial charge is 0.257 e. The summed E-state index contributed by atoms with van der Waals surface area (Å²) in [5.74, 6) is -0.459. The Balaban J connectivity index is 2.23. The molecule has 0 bridgehead atoms. The van der Waals surface area contributed by atoms with Gasteiger partial charge in [0.2, 0.25) is 0 Å². The number of aromatic hydroxyl groups is 2. The van der Waals surface area contributed by atoms with Crippen LogP contribution in [0.5, 0.6) is 11.5 Å². The van der Waals surface area contributed by atoms with E-state index >= 15 is 0 Å². The molecular weight excluding hydrogens is 246 g/mol. The van der Waals surface area contributed by atoms with Gasteiger partial charge in [-0.1, -0.05) is 0 Å². The van der Waals surface area contributed by atoms with Gasteiger partial charge >= 0.3 is 0 Å². The minimum atomic E-state index is -0.286. The van der Waals surface area contributed by atoms with Gasteiger partial charge in [-0.15, -0.1) is 0 Å². The van der Waals surface area contributed by atoms with E-state index in [4.69, 9.17) is 5.11 Å². The third-order valence-corrected chi connectivity index (χ3v) is 3.56. The third kappa shape index (κ3) is 2.98. The van der Waals surface area contributed by atoms with Crippen molar-refractivity contribution in [3.05, 3.63) is 23.8 Å². The van der Waals surface area contributed by atoms with Crippen molar-refractivity contribution in [3.63, 3.8) is 0 Å². The lowest BCUT2D eigenvalue weighted by molar-refractivity contribution is 0.0571. The Morgan fingerprint density at radius 1 is 1.32 bits per heavy atom. The number of nitrogens with zero attached hydrogens (tertiary/aromatic N) is 1. The maximum atomic E-state index is 12.4. The molecule has 0 radical (unpaired) electrons. The predicted molar refractivity (Wildman–Crippen MR) is 70.1 cm³/mol. The number of carbonyl (C=O) groups is 1. The van der Waals surface area contributed by atoms with E-state index in [1.54, 1.807) is 4.90 Å². The van der Waals surface area contributed by atoms with Crippen LogP contribution >= 0.6 is 0 Å². The molecule has 19 heavy (non-hydrogen) atoms. The first-order valence-electron chi connectivity index (χ1n) is 6.57. The molecule has 3 N–H and O–H groups in total. The molecule has 0 aromatic heterocycles. The van der Waals surface area contributed by atoms with Gasteiger partial charge in [0.1, 0.15) is 11.5 Å².